The lowest BCUT2D eigenvalue weighted by molar-refractivity contribution is -0.145. The van der Waals surface area contributed by atoms with Gasteiger partial charge in [-0.25, -0.2) is 4.79 Å². The number of halogens is 1. The van der Waals surface area contributed by atoms with E-state index in [2.05, 4.69) is 29.0 Å². The maximum absolute atomic E-state index is 11.9. The number of carbonyl (C=O) groups is 3. The van der Waals surface area contributed by atoms with Gasteiger partial charge < -0.3 is 4.74 Å². The van der Waals surface area contributed by atoms with E-state index in [1.54, 1.807) is 6.92 Å². The summed E-state index contributed by atoms with van der Waals surface area (Å²) in [6.45, 7) is 5.17. The zero-order valence-corrected chi connectivity index (χ0v) is 13.2. The van der Waals surface area contributed by atoms with Crippen LogP contribution >= 0.6 is 30.8 Å². The SMILES string of the molecule is C=C(C)C(=O)OCCN1C(=O)CC(PBI)C1=O. The van der Waals surface area contributed by atoms with Crippen LogP contribution in [0.15, 0.2) is 12.2 Å². The highest BCUT2D eigenvalue weighted by atomic mass is 127. The van der Waals surface area contributed by atoms with Gasteiger partial charge in [0, 0.05) is 12.0 Å². The molecule has 1 fully saturated rings. The van der Waals surface area contributed by atoms with Crippen molar-refractivity contribution in [1.29, 1.82) is 0 Å². The Morgan fingerprint density at radius 1 is 1.67 bits per heavy atom. The molecule has 18 heavy (non-hydrogen) atoms. The number of nitrogens with zero attached hydrogens (tertiary/aromatic N) is 1. The van der Waals surface area contributed by atoms with Gasteiger partial charge in [0.2, 0.25) is 16.7 Å². The van der Waals surface area contributed by atoms with Crippen LogP contribution in [0.25, 0.3) is 0 Å². The molecule has 0 aromatic rings. The number of hydrogen-bond acceptors (Lipinski definition) is 4. The van der Waals surface area contributed by atoms with Gasteiger partial charge in [0.15, 0.2) is 0 Å². The van der Waals surface area contributed by atoms with Gasteiger partial charge in [0.25, 0.3) is 0 Å². The summed E-state index contributed by atoms with van der Waals surface area (Å²) >= 11 is 2.20. The smallest absolute Gasteiger partial charge is 0.333 e. The van der Waals surface area contributed by atoms with Gasteiger partial charge in [0.05, 0.1) is 12.2 Å². The van der Waals surface area contributed by atoms with Crippen molar-refractivity contribution in [2.45, 2.75) is 19.0 Å². The van der Waals surface area contributed by atoms with Gasteiger partial charge in [-0.15, -0.1) is 30.8 Å². The number of rotatable bonds is 6. The summed E-state index contributed by atoms with van der Waals surface area (Å²) in [5.74, 6) is -0.810. The van der Waals surface area contributed by atoms with Crippen LogP contribution in [-0.4, -0.2) is 46.3 Å². The lowest BCUT2D eigenvalue weighted by Gasteiger charge is -2.14. The van der Waals surface area contributed by atoms with Crippen LogP contribution in [0.3, 0.4) is 0 Å². The number of amides is 2. The van der Waals surface area contributed by atoms with E-state index >= 15 is 0 Å². The number of imide groups is 1. The fourth-order valence-electron chi connectivity index (χ4n) is 1.52. The van der Waals surface area contributed by atoms with Crippen LogP contribution < -0.4 is 0 Å². The molecule has 2 unspecified atom stereocenters. The van der Waals surface area contributed by atoms with Crippen LogP contribution in [0.4, 0.5) is 0 Å². The van der Waals surface area contributed by atoms with E-state index in [-0.39, 0.29) is 37.0 Å². The van der Waals surface area contributed by atoms with E-state index in [0.717, 1.165) is 4.86 Å². The largest absolute Gasteiger partial charge is 0.460 e. The summed E-state index contributed by atoms with van der Waals surface area (Å²) in [4.78, 5) is 36.7. The minimum Gasteiger partial charge on any atom is -0.460 e. The number of ether oxygens (including phenoxy) is 1. The fourth-order valence-corrected chi connectivity index (χ4v) is 3.95. The Balaban J connectivity index is 2.43. The molecule has 2 atom stereocenters. The molecular weight excluding hydrogens is 367 g/mol. The van der Waals surface area contributed by atoms with Crippen molar-refractivity contribution in [2.75, 3.05) is 13.2 Å². The van der Waals surface area contributed by atoms with E-state index in [4.69, 9.17) is 4.74 Å². The second kappa shape index (κ2) is 7.23. The van der Waals surface area contributed by atoms with Crippen molar-refractivity contribution in [1.82, 2.24) is 4.90 Å². The summed E-state index contributed by atoms with van der Waals surface area (Å²) in [6, 6.07) is 0. The molecule has 0 bridgehead atoms. The van der Waals surface area contributed by atoms with Crippen LogP contribution in [0.2, 0.25) is 0 Å². The molecule has 8 heteroatoms. The highest BCUT2D eigenvalue weighted by Crippen LogP contribution is 2.29. The summed E-state index contributed by atoms with van der Waals surface area (Å²) in [5, 5.41) is 0. The van der Waals surface area contributed by atoms with Crippen molar-refractivity contribution in [3.8, 4) is 0 Å². The number of likely N-dealkylation sites (tertiary alicyclic amines) is 1. The van der Waals surface area contributed by atoms with Crippen LogP contribution in [0.1, 0.15) is 13.3 Å². The molecule has 1 heterocycles. The van der Waals surface area contributed by atoms with Gasteiger partial charge in [-0.1, -0.05) is 6.58 Å². The summed E-state index contributed by atoms with van der Waals surface area (Å²) in [7, 11) is 0.470. The first-order chi connectivity index (χ1) is 8.47. The molecule has 1 aliphatic heterocycles. The Bertz CT molecular complexity index is 390. The van der Waals surface area contributed by atoms with Crippen molar-refractivity contribution < 1.29 is 19.1 Å². The first kappa shape index (κ1) is 15.6. The molecule has 98 valence electrons. The van der Waals surface area contributed by atoms with E-state index in [9.17, 15) is 14.4 Å². The lowest BCUT2D eigenvalue weighted by Crippen LogP contribution is -2.34. The molecule has 2 amide bonds. The molecule has 0 aliphatic carbocycles. The first-order valence-electron chi connectivity index (χ1n) is 5.43. The van der Waals surface area contributed by atoms with Gasteiger partial charge >= 0.3 is 5.97 Å². The number of hydrogen-bond donors (Lipinski definition) is 0. The topological polar surface area (TPSA) is 63.7 Å². The molecule has 1 aliphatic rings. The zero-order valence-electron chi connectivity index (χ0n) is 10.1. The van der Waals surface area contributed by atoms with Crippen LogP contribution in [-0.2, 0) is 19.1 Å². The molecule has 0 aromatic carbocycles. The molecule has 0 N–H and O–H groups in total. The normalized spacial score (nSPS) is 19.7. The molecule has 0 radical (unpaired) electrons. The van der Waals surface area contributed by atoms with Gasteiger partial charge in [-0.3, -0.25) is 14.5 Å². The van der Waals surface area contributed by atoms with E-state index in [0.29, 0.717) is 14.0 Å². The lowest BCUT2D eigenvalue weighted by atomic mass is 10.3. The maximum atomic E-state index is 11.9. The highest BCUT2D eigenvalue weighted by molar-refractivity contribution is 14.1. The number of esters is 1. The minimum absolute atomic E-state index is 0.0310. The molecule has 1 rings (SSSR count). The van der Waals surface area contributed by atoms with Gasteiger partial charge in [-0.2, -0.15) is 0 Å². The average molecular weight is 381 g/mol. The summed E-state index contributed by atoms with van der Waals surface area (Å²) in [5.41, 5.74) is 0.129. The molecule has 5 nitrogen and oxygen atoms in total. The van der Waals surface area contributed by atoms with Crippen molar-refractivity contribution in [2.24, 2.45) is 0 Å². The molecule has 0 aromatic heterocycles. The third-order valence-electron chi connectivity index (χ3n) is 2.46. The monoisotopic (exact) mass is 381 g/mol. The third-order valence-corrected chi connectivity index (χ3v) is 4.88. The van der Waals surface area contributed by atoms with E-state index < -0.39 is 5.97 Å². The Morgan fingerprint density at radius 3 is 2.89 bits per heavy atom. The Hall–Kier alpha value is -0.425. The van der Waals surface area contributed by atoms with Gasteiger partial charge in [0.1, 0.15) is 6.61 Å². The van der Waals surface area contributed by atoms with Crippen molar-refractivity contribution in [3.63, 3.8) is 0 Å². The number of carbonyl (C=O) groups excluding carboxylic acids is 3. The molecular formula is C10H14BINO4P. The molecule has 0 saturated carbocycles. The second-order valence-corrected chi connectivity index (χ2v) is 7.56. The van der Waals surface area contributed by atoms with Crippen molar-refractivity contribution in [3.05, 3.63) is 12.2 Å². The molecule has 0 spiro atoms. The van der Waals surface area contributed by atoms with E-state index in [1.165, 1.54) is 4.90 Å². The minimum atomic E-state index is -0.500. The summed E-state index contributed by atoms with van der Waals surface area (Å²) < 4.78 is 4.87. The fraction of sp³-hybridized carbons (Fsp3) is 0.500. The maximum Gasteiger partial charge on any atom is 0.333 e. The Morgan fingerprint density at radius 2 is 2.33 bits per heavy atom. The van der Waals surface area contributed by atoms with Crippen LogP contribution in [0, 0.1) is 0 Å². The quantitative estimate of drug-likeness (QED) is 0.169. The first-order valence-corrected chi connectivity index (χ1v) is 8.24. The second-order valence-electron chi connectivity index (χ2n) is 3.89. The average Bonchev–Trinajstić information content (AvgIpc) is 2.56. The predicted molar refractivity (Wildman–Crippen MR) is 80.4 cm³/mol. The highest BCUT2D eigenvalue weighted by Gasteiger charge is 2.37. The summed E-state index contributed by atoms with van der Waals surface area (Å²) in [6.07, 6.45) is 0.286. The molecule has 1 saturated heterocycles. The van der Waals surface area contributed by atoms with E-state index in [1.807, 2.05) is 0 Å². The van der Waals surface area contributed by atoms with Crippen LogP contribution in [0.5, 0.6) is 0 Å². The Labute approximate surface area is 122 Å². The third kappa shape index (κ3) is 4.05. The van der Waals surface area contributed by atoms with Crippen molar-refractivity contribution >= 4 is 53.5 Å². The Kier molecular flexibility index (Phi) is 6.28. The zero-order chi connectivity index (χ0) is 13.7. The standard InChI is InChI=1S/C10H14BINO4P/c1-6(2)10(16)17-4-3-13-8(14)5-7(9(13)15)18-11-12/h7,11,18H,1,3-5H2,2H3. The van der Waals surface area contributed by atoms with Gasteiger partial charge in [-0.05, 0) is 6.92 Å². The predicted octanol–water partition coefficient (Wildman–Crippen LogP) is 0.613.